The number of nitrogens with one attached hydrogen (secondary N) is 1. The number of carboxylic acid groups (broad SMARTS) is 1. The molecule has 1 aliphatic rings. The van der Waals surface area contributed by atoms with Gasteiger partial charge in [0.05, 0.1) is 17.2 Å². The third-order valence-corrected chi connectivity index (χ3v) is 5.24. The van der Waals surface area contributed by atoms with Crippen LogP contribution in [-0.2, 0) is 22.9 Å². The number of hydrogen-bond donors (Lipinski definition) is 2. The minimum atomic E-state index is -3.97. The molecule has 0 aromatic rings. The number of nitrogens with zero attached hydrogens (tertiary/aromatic N) is 1. The summed E-state index contributed by atoms with van der Waals surface area (Å²) in [6.07, 6.45) is -0.424. The zero-order valence-electron chi connectivity index (χ0n) is 16.8. The Morgan fingerprint density at radius 2 is 1.70 bits per heavy atom. The lowest BCUT2D eigenvalue weighted by Crippen LogP contribution is -2.42. The fourth-order valence-electron chi connectivity index (χ4n) is 2.44. The molecular weight excluding hydrogens is 379 g/mol. The van der Waals surface area contributed by atoms with E-state index in [0.717, 1.165) is 6.42 Å². The van der Waals surface area contributed by atoms with Gasteiger partial charge in [0.1, 0.15) is 0 Å². The number of ether oxygens (including phenoxy) is 1. The summed E-state index contributed by atoms with van der Waals surface area (Å²) in [5.41, 5.74) is -1.60. The maximum atomic E-state index is 12.8. The Hall–Kier alpha value is -1.35. The van der Waals surface area contributed by atoms with Crippen molar-refractivity contribution in [3.05, 3.63) is 0 Å². The van der Waals surface area contributed by atoms with Gasteiger partial charge in [0.25, 0.3) is 0 Å². The van der Waals surface area contributed by atoms with E-state index in [1.165, 1.54) is 4.90 Å². The van der Waals surface area contributed by atoms with Crippen LogP contribution >= 0.6 is 7.82 Å². The number of carbonyl (C=O) groups is 2. The first-order chi connectivity index (χ1) is 12.2. The van der Waals surface area contributed by atoms with Crippen molar-refractivity contribution in [2.24, 2.45) is 0 Å². The van der Waals surface area contributed by atoms with Crippen LogP contribution in [0.4, 0.5) is 9.59 Å². The molecule has 1 fully saturated rings. The molecule has 1 heterocycles. The van der Waals surface area contributed by atoms with Crippen molar-refractivity contribution in [1.29, 1.82) is 0 Å². The monoisotopic (exact) mass is 410 g/mol. The molecule has 0 radical (unpaired) electrons. The lowest BCUT2D eigenvalue weighted by Gasteiger charge is -2.30. The van der Waals surface area contributed by atoms with Crippen LogP contribution in [0.5, 0.6) is 0 Å². The molecule has 158 valence electrons. The number of phosphoric ester groups is 1. The second-order valence-electron chi connectivity index (χ2n) is 8.19. The van der Waals surface area contributed by atoms with Crippen LogP contribution in [0.15, 0.2) is 0 Å². The standard InChI is InChI=1S/C16H31N2O8P/c1-15(2,3)25-27(22,26-16(4,5)6)24-11-23-13(19)17-10-12-8-7-9-18(12)14(20)21/h12H,7-11H2,1-6H3,(H,17,19)(H,20,21)/t12-/m0/s1. The van der Waals surface area contributed by atoms with E-state index in [9.17, 15) is 14.2 Å². The highest BCUT2D eigenvalue weighted by Crippen LogP contribution is 2.55. The molecule has 0 unspecified atom stereocenters. The summed E-state index contributed by atoms with van der Waals surface area (Å²) in [4.78, 5) is 24.1. The van der Waals surface area contributed by atoms with E-state index >= 15 is 0 Å². The van der Waals surface area contributed by atoms with Gasteiger partial charge in [-0.05, 0) is 54.4 Å². The summed E-state index contributed by atoms with van der Waals surface area (Å²) in [5.74, 6) is 0. The van der Waals surface area contributed by atoms with Gasteiger partial charge in [0.2, 0.25) is 6.79 Å². The van der Waals surface area contributed by atoms with E-state index in [2.05, 4.69) is 5.32 Å². The third kappa shape index (κ3) is 9.41. The van der Waals surface area contributed by atoms with Gasteiger partial charge in [-0.1, -0.05) is 0 Å². The Morgan fingerprint density at radius 1 is 1.15 bits per heavy atom. The Kier molecular flexibility index (Phi) is 8.10. The van der Waals surface area contributed by atoms with Gasteiger partial charge in [-0.2, -0.15) is 0 Å². The second kappa shape index (κ2) is 9.23. The molecule has 1 rings (SSSR count). The predicted octanol–water partition coefficient (Wildman–Crippen LogP) is 3.57. The summed E-state index contributed by atoms with van der Waals surface area (Å²) in [7, 11) is -3.97. The van der Waals surface area contributed by atoms with E-state index in [-0.39, 0.29) is 12.6 Å². The summed E-state index contributed by atoms with van der Waals surface area (Å²) in [6, 6.07) is -0.296. The maximum absolute atomic E-state index is 12.8. The third-order valence-electron chi connectivity index (χ3n) is 3.28. The van der Waals surface area contributed by atoms with Crippen molar-refractivity contribution in [3.63, 3.8) is 0 Å². The van der Waals surface area contributed by atoms with Crippen molar-refractivity contribution in [2.75, 3.05) is 19.9 Å². The molecule has 1 saturated heterocycles. The smallest absolute Gasteiger partial charge is 0.465 e. The number of alkyl carbamates (subject to hydrolysis) is 1. The van der Waals surface area contributed by atoms with Crippen LogP contribution in [0.1, 0.15) is 54.4 Å². The van der Waals surface area contributed by atoms with Crippen LogP contribution in [0, 0.1) is 0 Å². The average molecular weight is 410 g/mol. The fourth-order valence-corrected chi connectivity index (χ4v) is 4.10. The highest BCUT2D eigenvalue weighted by Gasteiger charge is 2.37. The topological polar surface area (TPSA) is 124 Å². The molecule has 0 aromatic carbocycles. The Labute approximate surface area is 160 Å². The minimum absolute atomic E-state index is 0.125. The Balaban J connectivity index is 2.48. The second-order valence-corrected chi connectivity index (χ2v) is 9.70. The number of rotatable bonds is 7. The van der Waals surface area contributed by atoms with Crippen molar-refractivity contribution in [3.8, 4) is 0 Å². The molecule has 2 N–H and O–H groups in total. The Morgan fingerprint density at radius 3 is 2.19 bits per heavy atom. The van der Waals surface area contributed by atoms with E-state index in [0.29, 0.717) is 13.0 Å². The van der Waals surface area contributed by atoms with E-state index in [1.807, 2.05) is 0 Å². The predicted molar refractivity (Wildman–Crippen MR) is 97.5 cm³/mol. The first-order valence-electron chi connectivity index (χ1n) is 8.77. The van der Waals surface area contributed by atoms with E-state index in [1.54, 1.807) is 41.5 Å². The van der Waals surface area contributed by atoms with Crippen molar-refractivity contribution in [1.82, 2.24) is 10.2 Å². The van der Waals surface area contributed by atoms with Crippen molar-refractivity contribution in [2.45, 2.75) is 71.6 Å². The molecule has 0 spiro atoms. The zero-order valence-corrected chi connectivity index (χ0v) is 17.7. The van der Waals surface area contributed by atoms with Crippen molar-refractivity contribution >= 4 is 20.0 Å². The highest BCUT2D eigenvalue weighted by atomic mass is 31.2. The summed E-state index contributed by atoms with van der Waals surface area (Å²) >= 11 is 0. The summed E-state index contributed by atoms with van der Waals surface area (Å²) < 4.78 is 33.5. The SMILES string of the molecule is CC(C)(C)OP(=O)(OCOC(=O)NC[C@@H]1CCCN1C(=O)O)OC(C)(C)C. The van der Waals surface area contributed by atoms with E-state index < -0.39 is 38.0 Å². The molecule has 1 aliphatic heterocycles. The molecule has 2 amide bonds. The molecule has 0 aromatic heterocycles. The summed E-state index contributed by atoms with van der Waals surface area (Å²) in [6.45, 7) is 10.1. The molecule has 27 heavy (non-hydrogen) atoms. The molecule has 1 atom stereocenters. The molecule has 0 bridgehead atoms. The normalized spacial score (nSPS) is 18.4. The number of amides is 2. The average Bonchev–Trinajstić information content (AvgIpc) is 2.89. The first kappa shape index (κ1) is 23.7. The zero-order chi connectivity index (χ0) is 20.9. The van der Waals surface area contributed by atoms with Gasteiger partial charge in [0, 0.05) is 13.1 Å². The number of likely N-dealkylation sites (tertiary alicyclic amines) is 1. The van der Waals surface area contributed by atoms with E-state index in [4.69, 9.17) is 23.4 Å². The largest absolute Gasteiger partial charge is 0.478 e. The lowest BCUT2D eigenvalue weighted by molar-refractivity contribution is -0.0287. The van der Waals surface area contributed by atoms with Gasteiger partial charge in [0.15, 0.2) is 0 Å². The van der Waals surface area contributed by atoms with Gasteiger partial charge < -0.3 is 20.1 Å². The molecule has 0 saturated carbocycles. The summed E-state index contributed by atoms with van der Waals surface area (Å²) in [5, 5.41) is 11.5. The van der Waals surface area contributed by atoms with Gasteiger partial charge in [-0.25, -0.2) is 18.7 Å². The molecular formula is C16H31N2O8P. The molecule has 10 nitrogen and oxygen atoms in total. The molecule has 11 heteroatoms. The van der Waals surface area contributed by atoms with Crippen LogP contribution in [0.3, 0.4) is 0 Å². The number of hydrogen-bond acceptors (Lipinski definition) is 7. The van der Waals surface area contributed by atoms with Crippen molar-refractivity contribution < 1.29 is 37.6 Å². The van der Waals surface area contributed by atoms with Crippen LogP contribution in [0.2, 0.25) is 0 Å². The van der Waals surface area contributed by atoms with Crippen LogP contribution < -0.4 is 5.32 Å². The molecule has 0 aliphatic carbocycles. The van der Waals surface area contributed by atoms with Gasteiger partial charge >= 0.3 is 20.0 Å². The maximum Gasteiger partial charge on any atom is 0.478 e. The fraction of sp³-hybridized carbons (Fsp3) is 0.875. The minimum Gasteiger partial charge on any atom is -0.465 e. The van der Waals surface area contributed by atoms with Gasteiger partial charge in [-0.15, -0.1) is 0 Å². The van der Waals surface area contributed by atoms with Crippen LogP contribution in [-0.4, -0.2) is 59.3 Å². The lowest BCUT2D eigenvalue weighted by atomic mass is 10.2. The highest BCUT2D eigenvalue weighted by molar-refractivity contribution is 7.48. The number of carbonyl (C=O) groups excluding carboxylic acids is 1. The first-order valence-corrected chi connectivity index (χ1v) is 10.2. The van der Waals surface area contributed by atoms with Crippen LogP contribution in [0.25, 0.3) is 0 Å². The Bertz CT molecular complexity index is 550. The van der Waals surface area contributed by atoms with Gasteiger partial charge in [-0.3, -0.25) is 9.05 Å². The number of phosphoric acid groups is 1. The quantitative estimate of drug-likeness (QED) is 0.482.